The average molecular weight is 481 g/mol. The molecule has 2 aromatic rings. The van der Waals surface area contributed by atoms with E-state index in [0.29, 0.717) is 51.3 Å². The summed E-state index contributed by atoms with van der Waals surface area (Å²) in [5, 5.41) is 3.37. The number of nitrogens with one attached hydrogen (secondary N) is 1. The van der Waals surface area contributed by atoms with Gasteiger partial charge >= 0.3 is 0 Å². The van der Waals surface area contributed by atoms with E-state index in [4.69, 9.17) is 14.7 Å². The van der Waals surface area contributed by atoms with E-state index in [2.05, 4.69) is 10.2 Å². The molecule has 2 aliphatic heterocycles. The molecule has 1 N–H and O–H groups in total. The minimum atomic E-state index is -2.13. The number of hydrogen-bond acceptors (Lipinski definition) is 8. The molecule has 33 heavy (non-hydrogen) atoms. The summed E-state index contributed by atoms with van der Waals surface area (Å²) in [5.74, 6) is 0.172. The molecule has 1 aromatic heterocycles. The summed E-state index contributed by atoms with van der Waals surface area (Å²) in [7, 11) is 0. The lowest BCUT2D eigenvalue weighted by atomic mass is 10.1. The van der Waals surface area contributed by atoms with Gasteiger partial charge in [-0.3, -0.25) is 9.11 Å². The lowest BCUT2D eigenvalue weighted by Crippen LogP contribution is -2.40. The van der Waals surface area contributed by atoms with E-state index < -0.39 is 22.7 Å². The molecule has 3 heterocycles. The van der Waals surface area contributed by atoms with E-state index in [-0.39, 0.29) is 23.8 Å². The number of rotatable bonds is 7. The molecular weight excluding hydrogens is 452 g/mol. The normalized spacial score (nSPS) is 18.3. The van der Waals surface area contributed by atoms with Crippen LogP contribution < -0.4 is 15.0 Å². The van der Waals surface area contributed by atoms with Crippen LogP contribution >= 0.6 is 0 Å². The van der Waals surface area contributed by atoms with Crippen molar-refractivity contribution in [2.75, 3.05) is 35.7 Å². The van der Waals surface area contributed by atoms with Crippen LogP contribution in [-0.2, 0) is 24.0 Å². The number of benzene rings is 1. The molecule has 1 saturated heterocycles. The molecule has 0 bridgehead atoms. The third-order valence-electron chi connectivity index (χ3n) is 5.71. The van der Waals surface area contributed by atoms with Crippen molar-refractivity contribution in [2.45, 2.75) is 51.8 Å². The molecule has 1 atom stereocenters. The van der Waals surface area contributed by atoms with E-state index in [1.165, 1.54) is 12.1 Å². The van der Waals surface area contributed by atoms with E-state index >= 15 is 0 Å². The van der Waals surface area contributed by atoms with E-state index in [1.807, 2.05) is 18.7 Å². The molecule has 0 saturated carbocycles. The third-order valence-corrected chi connectivity index (χ3v) is 6.29. The summed E-state index contributed by atoms with van der Waals surface area (Å²) in [6.07, 6.45) is 1.80. The van der Waals surface area contributed by atoms with Gasteiger partial charge in [-0.05, 0) is 37.1 Å². The van der Waals surface area contributed by atoms with Gasteiger partial charge in [-0.2, -0.15) is 0 Å². The first-order chi connectivity index (χ1) is 15.8. The maximum atomic E-state index is 13.9. The number of anilines is 2. The summed E-state index contributed by atoms with van der Waals surface area (Å²) in [6, 6.07) is 3.48. The summed E-state index contributed by atoms with van der Waals surface area (Å²) in [6.45, 7) is 6.43. The standard InChI is InChI=1S/C22H29F2N5O3S/c1-14(2)25-21-22(27-18-7-8-28(13-33(30)31)12-19(18)26-21)29-9-5-16(6-10-29)32-20-4-3-15(23)11-17(20)24/h3-4,11,14,16H,5-10,12-13H2,1-2H3,(H,25,26)(H,30,31)/p-1. The zero-order valence-corrected chi connectivity index (χ0v) is 19.5. The van der Waals surface area contributed by atoms with Crippen LogP contribution in [0.3, 0.4) is 0 Å². The molecule has 1 unspecified atom stereocenters. The van der Waals surface area contributed by atoms with Crippen molar-refractivity contribution in [3.8, 4) is 5.75 Å². The second-order valence-corrected chi connectivity index (χ2v) is 9.57. The van der Waals surface area contributed by atoms with Crippen LogP contribution in [0.1, 0.15) is 38.1 Å². The van der Waals surface area contributed by atoms with Crippen molar-refractivity contribution >= 4 is 22.7 Å². The lowest BCUT2D eigenvalue weighted by Gasteiger charge is -2.35. The van der Waals surface area contributed by atoms with Crippen LogP contribution in [-0.4, -0.2) is 61.3 Å². The van der Waals surface area contributed by atoms with Gasteiger partial charge in [-0.15, -0.1) is 0 Å². The highest BCUT2D eigenvalue weighted by atomic mass is 32.2. The topological polar surface area (TPSA) is 93.7 Å². The highest BCUT2D eigenvalue weighted by molar-refractivity contribution is 7.79. The number of fused-ring (bicyclic) bond motifs is 1. The van der Waals surface area contributed by atoms with Crippen LogP contribution in [0.2, 0.25) is 0 Å². The fourth-order valence-corrected chi connectivity index (χ4v) is 4.68. The molecular formula is C22H28F2N5O3S-. The second kappa shape index (κ2) is 10.3. The molecule has 0 radical (unpaired) electrons. The number of halogens is 2. The van der Waals surface area contributed by atoms with Gasteiger partial charge in [0.2, 0.25) is 0 Å². The Morgan fingerprint density at radius 2 is 1.97 bits per heavy atom. The maximum Gasteiger partial charge on any atom is 0.172 e. The van der Waals surface area contributed by atoms with Gasteiger partial charge < -0.3 is 19.5 Å². The molecule has 180 valence electrons. The van der Waals surface area contributed by atoms with E-state index in [9.17, 15) is 17.5 Å². The van der Waals surface area contributed by atoms with Crippen LogP contribution in [0.25, 0.3) is 0 Å². The Labute approximate surface area is 194 Å². The molecule has 0 aliphatic carbocycles. The Morgan fingerprint density at radius 1 is 1.21 bits per heavy atom. The van der Waals surface area contributed by atoms with Crippen molar-refractivity contribution in [2.24, 2.45) is 0 Å². The van der Waals surface area contributed by atoms with Crippen molar-refractivity contribution in [1.82, 2.24) is 14.9 Å². The second-order valence-electron chi connectivity index (χ2n) is 8.70. The average Bonchev–Trinajstić information content (AvgIpc) is 2.75. The summed E-state index contributed by atoms with van der Waals surface area (Å²) < 4.78 is 55.0. The summed E-state index contributed by atoms with van der Waals surface area (Å²) in [4.78, 5) is 13.7. The third kappa shape index (κ3) is 5.96. The van der Waals surface area contributed by atoms with Crippen molar-refractivity contribution in [1.29, 1.82) is 0 Å². The van der Waals surface area contributed by atoms with Crippen LogP contribution in [0.4, 0.5) is 20.4 Å². The molecule has 1 fully saturated rings. The van der Waals surface area contributed by atoms with Gasteiger partial charge in [-0.1, -0.05) is 0 Å². The van der Waals surface area contributed by atoms with E-state index in [1.54, 1.807) is 0 Å². The first-order valence-electron chi connectivity index (χ1n) is 11.1. The number of aromatic nitrogens is 2. The first-order valence-corrected chi connectivity index (χ1v) is 12.3. The van der Waals surface area contributed by atoms with E-state index in [0.717, 1.165) is 23.3 Å². The predicted octanol–water partition coefficient (Wildman–Crippen LogP) is 2.82. The Hall–Kier alpha value is -2.37. The van der Waals surface area contributed by atoms with Crippen molar-refractivity contribution in [3.05, 3.63) is 41.2 Å². The number of piperidine rings is 1. The fourth-order valence-electron chi connectivity index (χ4n) is 4.16. The predicted molar refractivity (Wildman–Crippen MR) is 121 cm³/mol. The zero-order valence-electron chi connectivity index (χ0n) is 18.7. The van der Waals surface area contributed by atoms with Gasteiger partial charge in [0.05, 0.1) is 17.3 Å². The molecule has 8 nitrogen and oxygen atoms in total. The monoisotopic (exact) mass is 480 g/mol. The van der Waals surface area contributed by atoms with Crippen molar-refractivity contribution < 1.29 is 22.3 Å². The highest BCUT2D eigenvalue weighted by Gasteiger charge is 2.28. The Bertz CT molecular complexity index is 1020. The molecule has 4 rings (SSSR count). The summed E-state index contributed by atoms with van der Waals surface area (Å²) in [5.41, 5.74) is 1.68. The smallest absolute Gasteiger partial charge is 0.172 e. The largest absolute Gasteiger partial charge is 0.771 e. The molecule has 2 aliphatic rings. The molecule has 1 aromatic carbocycles. The van der Waals surface area contributed by atoms with Gasteiger partial charge in [0.1, 0.15) is 11.9 Å². The number of hydrogen-bond donors (Lipinski definition) is 1. The van der Waals surface area contributed by atoms with Crippen LogP contribution in [0, 0.1) is 11.6 Å². The molecule has 11 heteroatoms. The Morgan fingerprint density at radius 3 is 2.64 bits per heavy atom. The number of nitrogens with zero attached hydrogens (tertiary/aromatic N) is 4. The van der Waals surface area contributed by atoms with Crippen molar-refractivity contribution in [3.63, 3.8) is 0 Å². The molecule has 0 amide bonds. The maximum absolute atomic E-state index is 13.9. The van der Waals surface area contributed by atoms with Crippen LogP contribution in [0.15, 0.2) is 18.2 Å². The lowest BCUT2D eigenvalue weighted by molar-refractivity contribution is 0.163. The Balaban J connectivity index is 1.47. The van der Waals surface area contributed by atoms with Crippen LogP contribution in [0.5, 0.6) is 5.75 Å². The minimum Gasteiger partial charge on any atom is -0.771 e. The molecule has 0 spiro atoms. The first kappa shape index (κ1) is 23.8. The van der Waals surface area contributed by atoms with Gasteiger partial charge in [0.15, 0.2) is 23.2 Å². The Kier molecular flexibility index (Phi) is 7.40. The summed E-state index contributed by atoms with van der Waals surface area (Å²) >= 11 is -2.13. The van der Waals surface area contributed by atoms with Gasteiger partial charge in [-0.25, -0.2) is 18.7 Å². The minimum absolute atomic E-state index is 0.0159. The van der Waals surface area contributed by atoms with Gasteiger partial charge in [0.25, 0.3) is 0 Å². The highest BCUT2D eigenvalue weighted by Crippen LogP contribution is 2.30. The quantitative estimate of drug-likeness (QED) is 0.605. The van der Waals surface area contributed by atoms with Gasteiger partial charge in [0, 0.05) is 57.5 Å². The fraction of sp³-hybridized carbons (Fsp3) is 0.545. The SMILES string of the molecule is CC(C)Nc1nc2c(nc1N1CCC(Oc3ccc(F)cc3F)CC1)CCN(CS(=O)[O-])C2. The zero-order chi connectivity index (χ0) is 23.5. The number of ether oxygens (including phenoxy) is 1.